The second-order valence-corrected chi connectivity index (χ2v) is 9.26. The Hall–Kier alpha value is -1.53. The molecule has 1 heterocycles. The zero-order chi connectivity index (χ0) is 20.6. The van der Waals surface area contributed by atoms with Gasteiger partial charge in [0, 0.05) is 24.6 Å². The van der Waals surface area contributed by atoms with E-state index in [1.807, 2.05) is 4.90 Å². The second-order valence-electron chi connectivity index (χ2n) is 9.26. The van der Waals surface area contributed by atoms with Gasteiger partial charge in [-0.15, -0.1) is 0 Å². The molecule has 156 valence electrons. The van der Waals surface area contributed by atoms with Crippen LogP contribution in [0, 0.1) is 29.4 Å². The minimum Gasteiger partial charge on any atom is -0.378 e. The Kier molecular flexibility index (Phi) is 6.40. The van der Waals surface area contributed by atoms with Crippen molar-refractivity contribution >= 4 is 5.91 Å². The molecule has 1 saturated heterocycles. The highest BCUT2D eigenvalue weighted by Gasteiger charge is 2.50. The molecule has 2 aliphatic rings. The lowest BCUT2D eigenvalue weighted by molar-refractivity contribution is -0.141. The van der Waals surface area contributed by atoms with E-state index in [-0.39, 0.29) is 29.8 Å². The summed E-state index contributed by atoms with van der Waals surface area (Å²) >= 11 is 0. The Bertz CT molecular complexity index is 710. The number of carbonyl (C=O) groups excluding carboxylic acids is 1. The van der Waals surface area contributed by atoms with Gasteiger partial charge in [0.05, 0.1) is 6.04 Å². The molecule has 1 unspecified atom stereocenters. The first-order valence-electron chi connectivity index (χ1n) is 10.4. The molecule has 1 aromatic carbocycles. The van der Waals surface area contributed by atoms with Crippen LogP contribution in [0.2, 0.25) is 0 Å². The highest BCUT2D eigenvalue weighted by atomic mass is 19.1. The van der Waals surface area contributed by atoms with Gasteiger partial charge in [-0.3, -0.25) is 9.69 Å². The van der Waals surface area contributed by atoms with E-state index in [1.54, 1.807) is 0 Å². The maximum atomic E-state index is 14.1. The summed E-state index contributed by atoms with van der Waals surface area (Å²) in [7, 11) is 0. The predicted molar refractivity (Wildman–Crippen MR) is 105 cm³/mol. The molecule has 3 rings (SSSR count). The normalized spacial score (nSPS) is 29.2. The first-order valence-corrected chi connectivity index (χ1v) is 10.4. The van der Waals surface area contributed by atoms with Crippen LogP contribution < -0.4 is 5.32 Å². The molecule has 1 saturated carbocycles. The molecule has 0 bridgehead atoms. The van der Waals surface area contributed by atoms with Gasteiger partial charge < -0.3 is 10.4 Å². The van der Waals surface area contributed by atoms with Crippen molar-refractivity contribution in [1.29, 1.82) is 0 Å². The van der Waals surface area contributed by atoms with Crippen LogP contribution in [-0.4, -0.2) is 40.8 Å². The van der Waals surface area contributed by atoms with E-state index in [2.05, 4.69) is 33.0 Å². The molecular weight excluding hydrogens is 362 g/mol. The fraction of sp³-hybridized carbons (Fsp3) is 0.682. The van der Waals surface area contributed by atoms with Crippen LogP contribution in [0.3, 0.4) is 0 Å². The maximum Gasteiger partial charge on any atom is 0.237 e. The van der Waals surface area contributed by atoms with Gasteiger partial charge in [-0.2, -0.15) is 0 Å². The summed E-state index contributed by atoms with van der Waals surface area (Å²) in [5.74, 6) is -0.712. The van der Waals surface area contributed by atoms with Crippen LogP contribution in [0.4, 0.5) is 8.78 Å². The van der Waals surface area contributed by atoms with Crippen molar-refractivity contribution in [2.75, 3.05) is 6.54 Å². The molecule has 2 fully saturated rings. The number of hydrogen-bond acceptors (Lipinski definition) is 3. The van der Waals surface area contributed by atoms with Crippen molar-refractivity contribution in [2.45, 2.75) is 71.2 Å². The zero-order valence-electron chi connectivity index (χ0n) is 17.2. The first kappa shape index (κ1) is 21.2. The quantitative estimate of drug-likeness (QED) is 0.742. The number of nitrogens with one attached hydrogen (secondary N) is 1. The van der Waals surface area contributed by atoms with Gasteiger partial charge in [-0.25, -0.2) is 8.78 Å². The summed E-state index contributed by atoms with van der Waals surface area (Å²) in [4.78, 5) is 14.7. The third kappa shape index (κ3) is 4.71. The number of rotatable bonds is 7. The van der Waals surface area contributed by atoms with Crippen molar-refractivity contribution in [3.63, 3.8) is 0 Å². The molecule has 1 aromatic rings. The summed E-state index contributed by atoms with van der Waals surface area (Å²) < 4.78 is 27.3. The fourth-order valence-electron chi connectivity index (χ4n) is 4.51. The second kappa shape index (κ2) is 8.46. The van der Waals surface area contributed by atoms with Crippen LogP contribution in [0.1, 0.15) is 58.4 Å². The zero-order valence-corrected chi connectivity index (χ0v) is 17.2. The maximum absolute atomic E-state index is 14.1. The Morgan fingerprint density at radius 1 is 1.18 bits per heavy atom. The van der Waals surface area contributed by atoms with E-state index in [0.29, 0.717) is 36.8 Å². The smallest absolute Gasteiger partial charge is 0.237 e. The van der Waals surface area contributed by atoms with Crippen molar-refractivity contribution in [3.8, 4) is 0 Å². The highest BCUT2D eigenvalue weighted by molar-refractivity contribution is 5.83. The van der Waals surface area contributed by atoms with Gasteiger partial charge in [0.25, 0.3) is 0 Å². The van der Waals surface area contributed by atoms with E-state index in [1.165, 1.54) is 12.1 Å². The molecule has 0 radical (unpaired) electrons. The van der Waals surface area contributed by atoms with E-state index in [4.69, 9.17) is 0 Å². The number of halogens is 2. The lowest BCUT2D eigenvalue weighted by atomic mass is 9.94. The van der Waals surface area contributed by atoms with Crippen LogP contribution in [0.25, 0.3) is 0 Å². The van der Waals surface area contributed by atoms with Crippen LogP contribution in [0.5, 0.6) is 0 Å². The summed E-state index contributed by atoms with van der Waals surface area (Å²) in [5, 5.41) is 14.2. The lowest BCUT2D eigenvalue weighted by Crippen LogP contribution is -2.63. The topological polar surface area (TPSA) is 52.6 Å². The SMILES string of the molecule is CC(C)C[C@H]1CN(C(O)[C@@H]2C[C@H]2c2ccc(F)cc2F)[C@@H](CC(C)C)C(=O)N1. The average Bonchev–Trinajstić information content (AvgIpc) is 3.36. The Morgan fingerprint density at radius 3 is 2.46 bits per heavy atom. The van der Waals surface area contributed by atoms with Crippen LogP contribution in [0.15, 0.2) is 18.2 Å². The van der Waals surface area contributed by atoms with Crippen molar-refractivity contribution in [1.82, 2.24) is 10.2 Å². The van der Waals surface area contributed by atoms with Gasteiger partial charge in [-0.1, -0.05) is 33.8 Å². The van der Waals surface area contributed by atoms with Crippen LogP contribution >= 0.6 is 0 Å². The monoisotopic (exact) mass is 394 g/mol. The summed E-state index contributed by atoms with van der Waals surface area (Å²) in [6.45, 7) is 8.94. The Balaban J connectivity index is 1.76. The minimum atomic E-state index is -0.807. The number of piperazine rings is 1. The summed E-state index contributed by atoms with van der Waals surface area (Å²) in [6, 6.07) is 3.25. The summed E-state index contributed by atoms with van der Waals surface area (Å²) in [6.07, 6.45) is 1.35. The number of carbonyl (C=O) groups is 1. The molecule has 0 spiro atoms. The van der Waals surface area contributed by atoms with Gasteiger partial charge in [0.1, 0.15) is 17.9 Å². The van der Waals surface area contributed by atoms with Gasteiger partial charge in [0.15, 0.2) is 0 Å². The largest absolute Gasteiger partial charge is 0.378 e. The van der Waals surface area contributed by atoms with E-state index in [0.717, 1.165) is 12.5 Å². The number of hydrogen-bond donors (Lipinski definition) is 2. The van der Waals surface area contributed by atoms with E-state index in [9.17, 15) is 18.7 Å². The van der Waals surface area contributed by atoms with Gasteiger partial charge in [0.2, 0.25) is 5.91 Å². The van der Waals surface area contributed by atoms with Crippen molar-refractivity contribution < 1.29 is 18.7 Å². The minimum absolute atomic E-state index is 0.00493. The van der Waals surface area contributed by atoms with Crippen LogP contribution in [-0.2, 0) is 4.79 Å². The number of nitrogens with zero attached hydrogens (tertiary/aromatic N) is 1. The van der Waals surface area contributed by atoms with E-state index < -0.39 is 17.9 Å². The van der Waals surface area contributed by atoms with Crippen molar-refractivity contribution in [3.05, 3.63) is 35.4 Å². The van der Waals surface area contributed by atoms with Crippen molar-refractivity contribution in [2.24, 2.45) is 17.8 Å². The number of amides is 1. The Morgan fingerprint density at radius 2 is 1.86 bits per heavy atom. The third-order valence-electron chi connectivity index (χ3n) is 5.86. The number of aliphatic hydroxyl groups excluding tert-OH is 1. The molecule has 0 aromatic heterocycles. The third-order valence-corrected chi connectivity index (χ3v) is 5.86. The molecular formula is C22H32F2N2O2. The molecule has 2 N–H and O–H groups in total. The molecule has 1 amide bonds. The Labute approximate surface area is 166 Å². The average molecular weight is 395 g/mol. The standard InChI is InChI=1S/C22H32F2N2O2/c1-12(2)7-15-11-26(20(8-13(3)4)21(27)25-15)22(28)18-10-17(18)16-6-5-14(23)9-19(16)24/h5-6,9,12-13,15,17-18,20,22,28H,7-8,10-11H2,1-4H3,(H,25,27)/t15-,17-,18+,20-,22?/m0/s1. The molecule has 6 heteroatoms. The fourth-order valence-corrected chi connectivity index (χ4v) is 4.51. The molecule has 28 heavy (non-hydrogen) atoms. The first-order chi connectivity index (χ1) is 13.2. The lowest BCUT2D eigenvalue weighted by Gasteiger charge is -2.43. The van der Waals surface area contributed by atoms with Gasteiger partial charge >= 0.3 is 0 Å². The highest BCUT2D eigenvalue weighted by Crippen LogP contribution is 2.51. The number of aliphatic hydroxyl groups is 1. The molecule has 1 aliphatic heterocycles. The number of benzene rings is 1. The van der Waals surface area contributed by atoms with E-state index >= 15 is 0 Å². The predicted octanol–water partition coefficient (Wildman–Crippen LogP) is 3.65. The molecule has 4 nitrogen and oxygen atoms in total. The van der Waals surface area contributed by atoms with Gasteiger partial charge in [-0.05, 0) is 48.6 Å². The molecule has 5 atom stereocenters. The molecule has 1 aliphatic carbocycles. The summed E-state index contributed by atoms with van der Waals surface area (Å²) in [5.41, 5.74) is 0.450.